The third-order valence-corrected chi connectivity index (χ3v) is 3.55. The van der Waals surface area contributed by atoms with Crippen molar-refractivity contribution in [2.24, 2.45) is 0 Å². The first-order chi connectivity index (χ1) is 8.65. The van der Waals surface area contributed by atoms with Gasteiger partial charge in [-0.3, -0.25) is 0 Å². The molecule has 1 rings (SSSR count). The van der Waals surface area contributed by atoms with Gasteiger partial charge in [-0.25, -0.2) is 4.79 Å². The highest BCUT2D eigenvalue weighted by Gasteiger charge is 2.06. The lowest BCUT2D eigenvalue weighted by Crippen LogP contribution is -2.06. The molecule has 1 aromatic rings. The van der Waals surface area contributed by atoms with Crippen LogP contribution in [-0.4, -0.2) is 40.8 Å². The van der Waals surface area contributed by atoms with Gasteiger partial charge in [0.1, 0.15) is 0 Å². The van der Waals surface area contributed by atoms with E-state index in [0.717, 1.165) is 35.7 Å². The zero-order chi connectivity index (χ0) is 13.4. The van der Waals surface area contributed by atoms with E-state index in [4.69, 9.17) is 10.2 Å². The number of rotatable bonds is 8. The molecule has 0 saturated heterocycles. The van der Waals surface area contributed by atoms with E-state index in [9.17, 15) is 4.79 Å². The average Bonchev–Trinajstić information content (AvgIpc) is 2.33. The number of thioether (sulfide) groups is 1. The van der Waals surface area contributed by atoms with Crippen LogP contribution in [0.15, 0.2) is 18.2 Å². The molecular weight excluding hydrogens is 250 g/mol. The van der Waals surface area contributed by atoms with Crippen molar-refractivity contribution in [2.45, 2.75) is 13.3 Å². The topological polar surface area (TPSA) is 69.6 Å². The molecule has 0 aliphatic carbocycles. The number of hydrogen-bond acceptors (Lipinski definition) is 4. The number of aliphatic hydroxyl groups is 1. The fraction of sp³-hybridized carbons (Fsp3) is 0.462. The Morgan fingerprint density at radius 1 is 1.39 bits per heavy atom. The van der Waals surface area contributed by atoms with Gasteiger partial charge in [0.25, 0.3) is 0 Å². The number of aryl methyl sites for hydroxylation is 1. The molecule has 1 aromatic carbocycles. The molecule has 0 bridgehead atoms. The molecule has 0 aromatic heterocycles. The van der Waals surface area contributed by atoms with E-state index in [1.807, 2.05) is 6.07 Å². The summed E-state index contributed by atoms with van der Waals surface area (Å²) in [7, 11) is 0. The van der Waals surface area contributed by atoms with Gasteiger partial charge in [-0.2, -0.15) is 11.8 Å². The monoisotopic (exact) mass is 269 g/mol. The van der Waals surface area contributed by atoms with E-state index in [2.05, 4.69) is 5.32 Å². The lowest BCUT2D eigenvalue weighted by molar-refractivity contribution is 0.0696. The Balaban J connectivity index is 2.35. The predicted octanol–water partition coefficient (Wildman–Crippen LogP) is 2.22. The summed E-state index contributed by atoms with van der Waals surface area (Å²) >= 11 is 1.79. The maximum atomic E-state index is 10.8. The van der Waals surface area contributed by atoms with Gasteiger partial charge in [-0.05, 0) is 42.9 Å². The molecule has 4 nitrogen and oxygen atoms in total. The minimum atomic E-state index is -0.890. The predicted molar refractivity (Wildman–Crippen MR) is 75.7 cm³/mol. The summed E-state index contributed by atoms with van der Waals surface area (Å²) in [6.45, 7) is 2.88. The first-order valence-electron chi connectivity index (χ1n) is 5.91. The molecule has 0 saturated carbocycles. The Hall–Kier alpha value is -1.20. The second-order valence-electron chi connectivity index (χ2n) is 3.95. The number of carboxylic acids is 1. The summed E-state index contributed by atoms with van der Waals surface area (Å²) in [4.78, 5) is 10.8. The van der Waals surface area contributed by atoms with E-state index in [1.165, 1.54) is 0 Å². The van der Waals surface area contributed by atoms with Crippen LogP contribution >= 0.6 is 11.8 Å². The number of aromatic carboxylic acids is 1. The highest BCUT2D eigenvalue weighted by molar-refractivity contribution is 7.99. The highest BCUT2D eigenvalue weighted by atomic mass is 32.2. The molecule has 0 aliphatic heterocycles. The maximum absolute atomic E-state index is 10.8. The Morgan fingerprint density at radius 2 is 2.17 bits per heavy atom. The minimum absolute atomic E-state index is 0.246. The standard InChI is InChI=1S/C13H19NO3S/c1-10-9-11(3-4-12(10)13(16)17)14-5-8-18-7-2-6-15/h3-4,9,14-15H,2,5-8H2,1H3,(H,16,17). The third-order valence-electron chi connectivity index (χ3n) is 2.48. The van der Waals surface area contributed by atoms with Crippen molar-refractivity contribution in [3.05, 3.63) is 29.3 Å². The van der Waals surface area contributed by atoms with E-state index >= 15 is 0 Å². The fourth-order valence-electron chi connectivity index (χ4n) is 1.55. The van der Waals surface area contributed by atoms with Gasteiger partial charge in [0.2, 0.25) is 0 Å². The van der Waals surface area contributed by atoms with Crippen LogP contribution in [0.25, 0.3) is 0 Å². The lowest BCUT2D eigenvalue weighted by atomic mass is 10.1. The van der Waals surface area contributed by atoms with Crippen LogP contribution < -0.4 is 5.32 Å². The molecule has 0 radical (unpaired) electrons. The van der Waals surface area contributed by atoms with Crippen LogP contribution in [0.2, 0.25) is 0 Å². The van der Waals surface area contributed by atoms with Crippen LogP contribution in [0, 0.1) is 6.92 Å². The summed E-state index contributed by atoms with van der Waals surface area (Å²) in [5, 5.41) is 20.8. The van der Waals surface area contributed by atoms with Crippen molar-refractivity contribution in [3.63, 3.8) is 0 Å². The molecular formula is C13H19NO3S. The second-order valence-corrected chi connectivity index (χ2v) is 5.18. The first-order valence-corrected chi connectivity index (χ1v) is 7.07. The molecule has 5 heteroatoms. The Bertz CT molecular complexity index is 396. The number of anilines is 1. The van der Waals surface area contributed by atoms with E-state index in [-0.39, 0.29) is 6.61 Å². The molecule has 0 fully saturated rings. The van der Waals surface area contributed by atoms with Crippen LogP contribution in [0.1, 0.15) is 22.3 Å². The summed E-state index contributed by atoms with van der Waals surface area (Å²) in [6.07, 6.45) is 0.830. The SMILES string of the molecule is Cc1cc(NCCSCCCO)ccc1C(=O)O. The number of hydrogen-bond donors (Lipinski definition) is 3. The maximum Gasteiger partial charge on any atom is 0.335 e. The quantitative estimate of drug-likeness (QED) is 0.631. The number of aliphatic hydroxyl groups excluding tert-OH is 1. The number of carbonyl (C=O) groups is 1. The van der Waals surface area contributed by atoms with Crippen molar-refractivity contribution in [1.82, 2.24) is 0 Å². The zero-order valence-corrected chi connectivity index (χ0v) is 11.3. The molecule has 100 valence electrons. The zero-order valence-electron chi connectivity index (χ0n) is 10.5. The molecule has 0 aliphatic rings. The van der Waals surface area contributed by atoms with Crippen LogP contribution in [0.4, 0.5) is 5.69 Å². The van der Waals surface area contributed by atoms with Gasteiger partial charge in [-0.15, -0.1) is 0 Å². The number of nitrogens with one attached hydrogen (secondary N) is 1. The molecule has 0 unspecified atom stereocenters. The molecule has 0 heterocycles. The Kier molecular flexibility index (Phi) is 6.60. The molecule has 0 atom stereocenters. The molecule has 0 amide bonds. The van der Waals surface area contributed by atoms with Gasteiger partial charge in [0.15, 0.2) is 0 Å². The first kappa shape index (κ1) is 14.9. The van der Waals surface area contributed by atoms with E-state index in [0.29, 0.717) is 5.56 Å². The average molecular weight is 269 g/mol. The van der Waals surface area contributed by atoms with E-state index < -0.39 is 5.97 Å². The van der Waals surface area contributed by atoms with Crippen LogP contribution in [0.3, 0.4) is 0 Å². The molecule has 18 heavy (non-hydrogen) atoms. The van der Waals surface area contributed by atoms with Gasteiger partial charge in [0.05, 0.1) is 5.56 Å². The summed E-state index contributed by atoms with van der Waals surface area (Å²) in [6, 6.07) is 5.26. The van der Waals surface area contributed by atoms with E-state index in [1.54, 1.807) is 30.8 Å². The van der Waals surface area contributed by atoms with Crippen LogP contribution in [0.5, 0.6) is 0 Å². The summed E-state index contributed by atoms with van der Waals surface area (Å²) in [5.41, 5.74) is 2.05. The fourth-order valence-corrected chi connectivity index (χ4v) is 2.33. The summed E-state index contributed by atoms with van der Waals surface area (Å²) in [5.74, 6) is 1.05. The van der Waals surface area contributed by atoms with Crippen LogP contribution in [-0.2, 0) is 0 Å². The third kappa shape index (κ3) is 4.98. The Labute approximate surface area is 111 Å². The largest absolute Gasteiger partial charge is 0.478 e. The number of carboxylic acid groups (broad SMARTS) is 1. The minimum Gasteiger partial charge on any atom is -0.478 e. The Morgan fingerprint density at radius 3 is 2.78 bits per heavy atom. The van der Waals surface area contributed by atoms with Gasteiger partial charge < -0.3 is 15.5 Å². The normalized spacial score (nSPS) is 10.3. The van der Waals surface area contributed by atoms with Crippen molar-refractivity contribution in [2.75, 3.05) is 30.0 Å². The van der Waals surface area contributed by atoms with Gasteiger partial charge >= 0.3 is 5.97 Å². The van der Waals surface area contributed by atoms with Gasteiger partial charge in [-0.1, -0.05) is 0 Å². The lowest BCUT2D eigenvalue weighted by Gasteiger charge is -2.08. The molecule has 3 N–H and O–H groups in total. The smallest absolute Gasteiger partial charge is 0.335 e. The number of benzene rings is 1. The second kappa shape index (κ2) is 8.00. The van der Waals surface area contributed by atoms with Crippen molar-refractivity contribution >= 4 is 23.4 Å². The molecule has 0 spiro atoms. The highest BCUT2D eigenvalue weighted by Crippen LogP contribution is 2.15. The van der Waals surface area contributed by atoms with Gasteiger partial charge in [0, 0.05) is 24.6 Å². The van der Waals surface area contributed by atoms with Crippen molar-refractivity contribution in [3.8, 4) is 0 Å². The van der Waals surface area contributed by atoms with Crippen molar-refractivity contribution < 1.29 is 15.0 Å². The summed E-state index contributed by atoms with van der Waals surface area (Å²) < 4.78 is 0. The van der Waals surface area contributed by atoms with Crippen molar-refractivity contribution in [1.29, 1.82) is 0 Å².